The van der Waals surface area contributed by atoms with Gasteiger partial charge in [-0.05, 0) is 29.8 Å². The van der Waals surface area contributed by atoms with Gasteiger partial charge in [0.15, 0.2) is 0 Å². The number of amides is 3. The van der Waals surface area contributed by atoms with Crippen LogP contribution in [0, 0.1) is 11.3 Å². The lowest BCUT2D eigenvalue weighted by molar-refractivity contribution is 0.0985. The Balaban J connectivity index is 2.04. The number of aromatic nitrogens is 2. The second-order valence-corrected chi connectivity index (χ2v) is 8.35. The zero-order chi connectivity index (χ0) is 23.9. The fourth-order valence-electron chi connectivity index (χ4n) is 4.11. The molecular formula is C22H18Cl2N6O3. The Morgan fingerprint density at radius 3 is 2.55 bits per heavy atom. The van der Waals surface area contributed by atoms with E-state index in [-0.39, 0.29) is 40.7 Å². The van der Waals surface area contributed by atoms with Crippen LogP contribution in [0.1, 0.15) is 39.3 Å². The Hall–Kier alpha value is -3.58. The molecule has 0 bridgehead atoms. The SMILES string of the molecule is N#Cc1ccc(C2c3c(C(N)=O)c(-c4cccc(Cl)c4)nn3C(CO)CN2C(N)=O)cc1Cl. The highest BCUT2D eigenvalue weighted by molar-refractivity contribution is 6.31. The number of urea groups is 1. The molecule has 9 nitrogen and oxygen atoms in total. The summed E-state index contributed by atoms with van der Waals surface area (Å²) in [6, 6.07) is 11.0. The average molecular weight is 485 g/mol. The number of benzene rings is 2. The Morgan fingerprint density at radius 1 is 1.21 bits per heavy atom. The summed E-state index contributed by atoms with van der Waals surface area (Å²) in [6.07, 6.45) is 0. The molecule has 0 saturated heterocycles. The first kappa shape index (κ1) is 22.6. The van der Waals surface area contributed by atoms with Gasteiger partial charge in [-0.3, -0.25) is 9.48 Å². The topological polar surface area (TPSA) is 151 Å². The smallest absolute Gasteiger partial charge is 0.315 e. The van der Waals surface area contributed by atoms with Crippen LogP contribution < -0.4 is 11.5 Å². The molecule has 5 N–H and O–H groups in total. The van der Waals surface area contributed by atoms with E-state index in [1.807, 2.05) is 6.07 Å². The molecular weight excluding hydrogens is 467 g/mol. The number of nitriles is 1. The number of nitrogens with two attached hydrogens (primary N) is 2. The van der Waals surface area contributed by atoms with Crippen molar-refractivity contribution < 1.29 is 14.7 Å². The van der Waals surface area contributed by atoms with E-state index in [1.165, 1.54) is 21.7 Å². The molecule has 2 unspecified atom stereocenters. The highest BCUT2D eigenvalue weighted by atomic mass is 35.5. The molecule has 0 spiro atoms. The molecule has 33 heavy (non-hydrogen) atoms. The van der Waals surface area contributed by atoms with Crippen LogP contribution in [0.5, 0.6) is 0 Å². The number of halogens is 2. The van der Waals surface area contributed by atoms with Crippen molar-refractivity contribution in [2.24, 2.45) is 11.5 Å². The summed E-state index contributed by atoms with van der Waals surface area (Å²) in [5, 5.41) is 24.4. The van der Waals surface area contributed by atoms with Gasteiger partial charge in [0.25, 0.3) is 5.91 Å². The molecule has 1 aromatic heterocycles. The summed E-state index contributed by atoms with van der Waals surface area (Å²) in [6.45, 7) is -0.345. The van der Waals surface area contributed by atoms with Crippen molar-refractivity contribution in [2.75, 3.05) is 13.2 Å². The first-order chi connectivity index (χ1) is 15.8. The Labute approximate surface area is 198 Å². The van der Waals surface area contributed by atoms with E-state index in [1.54, 1.807) is 30.3 Å². The highest BCUT2D eigenvalue weighted by Crippen LogP contribution is 2.41. The van der Waals surface area contributed by atoms with E-state index in [9.17, 15) is 20.0 Å². The van der Waals surface area contributed by atoms with Crippen molar-refractivity contribution in [1.29, 1.82) is 5.26 Å². The maximum Gasteiger partial charge on any atom is 0.315 e. The number of carbonyl (C=O) groups is 2. The van der Waals surface area contributed by atoms with Gasteiger partial charge in [0.1, 0.15) is 17.8 Å². The third-order valence-electron chi connectivity index (χ3n) is 5.54. The summed E-state index contributed by atoms with van der Waals surface area (Å²) >= 11 is 12.4. The molecule has 0 aliphatic carbocycles. The quantitative estimate of drug-likeness (QED) is 0.519. The molecule has 1 aliphatic rings. The Bertz CT molecular complexity index is 1320. The molecule has 3 amide bonds. The van der Waals surface area contributed by atoms with Gasteiger partial charge in [0, 0.05) is 17.1 Å². The summed E-state index contributed by atoms with van der Waals surface area (Å²) in [5.41, 5.74) is 13.4. The molecule has 11 heteroatoms. The summed E-state index contributed by atoms with van der Waals surface area (Å²) in [4.78, 5) is 26.4. The summed E-state index contributed by atoms with van der Waals surface area (Å²) in [7, 11) is 0. The van der Waals surface area contributed by atoms with Crippen LogP contribution >= 0.6 is 23.2 Å². The van der Waals surface area contributed by atoms with Crippen LogP contribution in [0.15, 0.2) is 42.5 Å². The van der Waals surface area contributed by atoms with Gasteiger partial charge in [0.2, 0.25) is 0 Å². The van der Waals surface area contributed by atoms with Gasteiger partial charge in [-0.25, -0.2) is 4.79 Å². The monoisotopic (exact) mass is 484 g/mol. The predicted octanol–water partition coefficient (Wildman–Crippen LogP) is 2.84. The van der Waals surface area contributed by atoms with E-state index in [0.717, 1.165) is 0 Å². The van der Waals surface area contributed by atoms with Crippen molar-refractivity contribution in [2.45, 2.75) is 12.1 Å². The Kier molecular flexibility index (Phi) is 5.99. The van der Waals surface area contributed by atoms with Gasteiger partial charge >= 0.3 is 6.03 Å². The van der Waals surface area contributed by atoms with E-state index >= 15 is 0 Å². The molecule has 4 rings (SSSR count). The lowest BCUT2D eigenvalue weighted by Crippen LogP contribution is -2.48. The zero-order valence-electron chi connectivity index (χ0n) is 17.1. The number of primary amides is 2. The lowest BCUT2D eigenvalue weighted by atomic mass is 9.93. The lowest BCUT2D eigenvalue weighted by Gasteiger charge is -2.39. The Morgan fingerprint density at radius 2 is 1.97 bits per heavy atom. The first-order valence-corrected chi connectivity index (χ1v) is 10.6. The van der Waals surface area contributed by atoms with Crippen molar-refractivity contribution in [1.82, 2.24) is 14.7 Å². The normalized spacial score (nSPS) is 17.3. The molecule has 2 aromatic carbocycles. The largest absolute Gasteiger partial charge is 0.394 e. The van der Waals surface area contributed by atoms with Crippen LogP contribution in [-0.4, -0.2) is 44.9 Å². The van der Waals surface area contributed by atoms with Crippen molar-refractivity contribution >= 4 is 35.1 Å². The molecule has 3 aromatic rings. The van der Waals surface area contributed by atoms with Gasteiger partial charge in [-0.1, -0.05) is 41.4 Å². The second kappa shape index (κ2) is 8.75. The zero-order valence-corrected chi connectivity index (χ0v) is 18.6. The minimum absolute atomic E-state index is 0.0238. The molecule has 0 saturated carbocycles. The number of aliphatic hydroxyl groups excluding tert-OH is 1. The maximum absolute atomic E-state index is 12.7. The third kappa shape index (κ3) is 3.89. The number of hydrogen-bond acceptors (Lipinski definition) is 5. The van der Waals surface area contributed by atoms with Crippen LogP contribution in [0.4, 0.5) is 4.79 Å². The maximum atomic E-state index is 12.7. The summed E-state index contributed by atoms with van der Waals surface area (Å²) in [5.74, 6) is -0.779. The fourth-order valence-corrected chi connectivity index (χ4v) is 4.53. The molecule has 1 aliphatic heterocycles. The third-order valence-corrected chi connectivity index (χ3v) is 6.09. The number of nitrogens with zero attached hydrogens (tertiary/aromatic N) is 4. The second-order valence-electron chi connectivity index (χ2n) is 7.51. The predicted molar refractivity (Wildman–Crippen MR) is 122 cm³/mol. The minimum Gasteiger partial charge on any atom is -0.394 e. The van der Waals surface area contributed by atoms with Crippen LogP contribution in [0.2, 0.25) is 10.0 Å². The number of aliphatic hydroxyl groups is 1. The number of fused-ring (bicyclic) bond motifs is 1. The molecule has 2 heterocycles. The van der Waals surface area contributed by atoms with Gasteiger partial charge in [-0.2, -0.15) is 10.4 Å². The van der Waals surface area contributed by atoms with Crippen LogP contribution in [-0.2, 0) is 0 Å². The number of hydrogen-bond donors (Lipinski definition) is 3. The standard InChI is InChI=1S/C22H18Cl2N6O3/c23-14-3-1-2-11(6-14)18-17(21(26)32)20-19(12-4-5-13(8-25)16(24)7-12)29(22(27)33)9-15(10-31)30(20)28-18/h1-7,15,19,31H,9-10H2,(H2,26,32)(H2,27,33). The molecule has 0 radical (unpaired) electrons. The van der Waals surface area contributed by atoms with Gasteiger partial charge in [0.05, 0.1) is 34.5 Å². The molecule has 2 atom stereocenters. The molecule has 168 valence electrons. The average Bonchev–Trinajstić information content (AvgIpc) is 3.18. The van der Waals surface area contributed by atoms with Gasteiger partial charge < -0.3 is 21.5 Å². The van der Waals surface area contributed by atoms with Gasteiger partial charge in [-0.15, -0.1) is 0 Å². The minimum atomic E-state index is -0.890. The van der Waals surface area contributed by atoms with E-state index in [0.29, 0.717) is 16.1 Å². The van der Waals surface area contributed by atoms with Crippen LogP contribution in [0.3, 0.4) is 0 Å². The van der Waals surface area contributed by atoms with E-state index in [4.69, 9.17) is 34.7 Å². The van der Waals surface area contributed by atoms with Crippen molar-refractivity contribution in [3.8, 4) is 17.3 Å². The first-order valence-electron chi connectivity index (χ1n) is 9.81. The fraction of sp³-hybridized carbons (Fsp3) is 0.182. The van der Waals surface area contributed by atoms with Crippen molar-refractivity contribution in [3.05, 3.63) is 74.9 Å². The number of rotatable bonds is 4. The van der Waals surface area contributed by atoms with Crippen molar-refractivity contribution in [3.63, 3.8) is 0 Å². The number of carbonyl (C=O) groups excluding carboxylic acids is 2. The van der Waals surface area contributed by atoms with E-state index < -0.39 is 24.0 Å². The molecule has 0 fully saturated rings. The van der Waals surface area contributed by atoms with E-state index in [2.05, 4.69) is 5.10 Å². The van der Waals surface area contributed by atoms with Crippen LogP contribution in [0.25, 0.3) is 11.3 Å². The highest BCUT2D eigenvalue weighted by Gasteiger charge is 2.41. The summed E-state index contributed by atoms with van der Waals surface area (Å²) < 4.78 is 1.49.